The minimum Gasteiger partial charge on any atom is -0.311 e. The zero-order valence-corrected chi connectivity index (χ0v) is 33.0. The van der Waals surface area contributed by atoms with Crippen molar-refractivity contribution < 1.29 is 0 Å². The second kappa shape index (κ2) is 17.1. The van der Waals surface area contributed by atoms with E-state index in [1.54, 1.807) is 0 Å². The van der Waals surface area contributed by atoms with Gasteiger partial charge in [0.25, 0.3) is 0 Å². The fraction of sp³-hybridized carbons (Fsp3) is 0.0182. The van der Waals surface area contributed by atoms with E-state index in [4.69, 9.17) is 0 Å². The third-order valence-electron chi connectivity index (χ3n) is 10.4. The van der Waals surface area contributed by atoms with Gasteiger partial charge in [-0.15, -0.1) is 0 Å². The van der Waals surface area contributed by atoms with Gasteiger partial charge in [0.2, 0.25) is 0 Å². The molecule has 9 rings (SSSR count). The van der Waals surface area contributed by atoms with Crippen molar-refractivity contribution in [3.8, 4) is 0 Å². The molecule has 0 atom stereocenters. The molecule has 4 heteroatoms. The highest BCUT2D eigenvalue weighted by molar-refractivity contribution is 5.85. The molecule has 0 saturated carbocycles. The van der Waals surface area contributed by atoms with E-state index >= 15 is 0 Å². The Morgan fingerprint density at radius 2 is 0.373 bits per heavy atom. The van der Waals surface area contributed by atoms with Crippen LogP contribution in [0.15, 0.2) is 249 Å². The van der Waals surface area contributed by atoms with Gasteiger partial charge in [-0.1, -0.05) is 103 Å². The van der Waals surface area contributed by atoms with Crippen molar-refractivity contribution in [1.82, 2.24) is 0 Å². The SMILES string of the molecule is Cc1cccc(N(c2ccccc2)c2ccc(N(c3ccc(N(c4ccccc4)c4ccccc4)cc3)c3ccc(N(c4ccccc4)c4ccccc4)cc3)cc2)c1. The van der Waals surface area contributed by atoms with E-state index in [0.29, 0.717) is 0 Å². The van der Waals surface area contributed by atoms with Gasteiger partial charge in [0.1, 0.15) is 0 Å². The molecular weight excluding hydrogens is 717 g/mol. The molecule has 0 unspecified atom stereocenters. The Balaban J connectivity index is 1.13. The van der Waals surface area contributed by atoms with Crippen molar-refractivity contribution in [3.05, 3.63) is 254 Å². The third-order valence-corrected chi connectivity index (χ3v) is 10.4. The number of hydrogen-bond acceptors (Lipinski definition) is 4. The lowest BCUT2D eigenvalue weighted by Crippen LogP contribution is -2.13. The molecule has 0 heterocycles. The molecule has 0 bridgehead atoms. The van der Waals surface area contributed by atoms with Gasteiger partial charge in [-0.05, 0) is 158 Å². The van der Waals surface area contributed by atoms with Gasteiger partial charge in [0.15, 0.2) is 0 Å². The lowest BCUT2D eigenvalue weighted by molar-refractivity contribution is 1.24. The van der Waals surface area contributed by atoms with Crippen LogP contribution in [0.25, 0.3) is 0 Å². The molecule has 0 aliphatic carbocycles. The van der Waals surface area contributed by atoms with Crippen LogP contribution < -0.4 is 19.6 Å². The van der Waals surface area contributed by atoms with Crippen LogP contribution in [0.3, 0.4) is 0 Å². The summed E-state index contributed by atoms with van der Waals surface area (Å²) in [7, 11) is 0. The molecule has 4 nitrogen and oxygen atoms in total. The summed E-state index contributed by atoms with van der Waals surface area (Å²) in [6.45, 7) is 2.14. The summed E-state index contributed by atoms with van der Waals surface area (Å²) in [5.74, 6) is 0. The molecule has 0 fully saturated rings. The van der Waals surface area contributed by atoms with Crippen molar-refractivity contribution in [1.29, 1.82) is 0 Å². The Morgan fingerprint density at radius 3 is 0.593 bits per heavy atom. The summed E-state index contributed by atoms with van der Waals surface area (Å²) in [6.07, 6.45) is 0. The van der Waals surface area contributed by atoms with E-state index < -0.39 is 0 Å². The van der Waals surface area contributed by atoms with Crippen LogP contribution >= 0.6 is 0 Å². The van der Waals surface area contributed by atoms with Gasteiger partial charge >= 0.3 is 0 Å². The maximum atomic E-state index is 2.33. The molecule has 0 aromatic heterocycles. The predicted molar refractivity (Wildman–Crippen MR) is 250 cm³/mol. The van der Waals surface area contributed by atoms with Crippen LogP contribution in [0.4, 0.5) is 68.2 Å². The highest BCUT2D eigenvalue weighted by atomic mass is 15.2. The molecule has 9 aromatic rings. The summed E-state index contributed by atoms with van der Waals surface area (Å²) in [5.41, 5.74) is 14.3. The normalized spacial score (nSPS) is 10.8. The topological polar surface area (TPSA) is 13.0 Å². The van der Waals surface area contributed by atoms with Crippen LogP contribution in [-0.2, 0) is 0 Å². The molecule has 0 aliphatic heterocycles. The molecule has 284 valence electrons. The summed E-state index contributed by atoms with van der Waals surface area (Å²) in [4.78, 5) is 9.24. The first-order valence-corrected chi connectivity index (χ1v) is 20.0. The van der Waals surface area contributed by atoms with Crippen LogP contribution in [0.5, 0.6) is 0 Å². The second-order valence-corrected chi connectivity index (χ2v) is 14.4. The highest BCUT2D eigenvalue weighted by Gasteiger charge is 2.19. The molecule has 0 amide bonds. The predicted octanol–water partition coefficient (Wildman–Crippen LogP) is 15.9. The van der Waals surface area contributed by atoms with E-state index in [1.807, 2.05) is 0 Å². The first-order chi connectivity index (χ1) is 29.2. The average molecular weight is 761 g/mol. The highest BCUT2D eigenvalue weighted by Crippen LogP contribution is 2.42. The van der Waals surface area contributed by atoms with E-state index in [9.17, 15) is 0 Å². The third kappa shape index (κ3) is 8.06. The van der Waals surface area contributed by atoms with Crippen LogP contribution in [0, 0.1) is 6.92 Å². The van der Waals surface area contributed by atoms with Crippen LogP contribution in [0.1, 0.15) is 5.56 Å². The molecule has 59 heavy (non-hydrogen) atoms. The zero-order chi connectivity index (χ0) is 39.8. The number of nitrogens with zero attached hydrogens (tertiary/aromatic N) is 4. The molecule has 0 radical (unpaired) electrons. The number of benzene rings is 9. The minimum absolute atomic E-state index is 1.05. The Kier molecular flexibility index (Phi) is 10.7. The molecule has 9 aromatic carbocycles. The first kappa shape index (κ1) is 36.8. The van der Waals surface area contributed by atoms with E-state index in [2.05, 4.69) is 275 Å². The standard InChI is InChI=1S/C55H44N4/c1-43-18-17-29-55(42-43)59(48-27-15-6-16-28-48)54-40-38-53(39-41-54)58(51-34-30-49(31-35-51)56(44-19-7-2-8-20-44)45-21-9-3-10-22-45)52-36-32-50(33-37-52)57(46-23-11-4-12-24-46)47-25-13-5-14-26-47/h2-42H,1H3. The average Bonchev–Trinajstić information content (AvgIpc) is 3.30. The molecule has 0 spiro atoms. The van der Waals surface area contributed by atoms with Crippen molar-refractivity contribution in [2.75, 3.05) is 19.6 Å². The largest absolute Gasteiger partial charge is 0.311 e. The van der Waals surface area contributed by atoms with E-state index in [-0.39, 0.29) is 0 Å². The Hall–Kier alpha value is -7.82. The molecule has 0 aliphatic rings. The fourth-order valence-electron chi connectivity index (χ4n) is 7.69. The maximum Gasteiger partial charge on any atom is 0.0464 e. The number of aryl methyl sites for hydroxylation is 1. The van der Waals surface area contributed by atoms with Gasteiger partial charge in [-0.3, -0.25) is 0 Å². The summed E-state index contributed by atoms with van der Waals surface area (Å²) in [5, 5.41) is 0. The van der Waals surface area contributed by atoms with Crippen molar-refractivity contribution in [3.63, 3.8) is 0 Å². The number of anilines is 12. The van der Waals surface area contributed by atoms with Crippen molar-refractivity contribution >= 4 is 68.2 Å². The lowest BCUT2D eigenvalue weighted by atomic mass is 10.1. The summed E-state index contributed by atoms with van der Waals surface area (Å²) >= 11 is 0. The first-order valence-electron chi connectivity index (χ1n) is 20.0. The van der Waals surface area contributed by atoms with E-state index in [1.165, 1.54) is 5.56 Å². The monoisotopic (exact) mass is 760 g/mol. The van der Waals surface area contributed by atoms with Gasteiger partial charge < -0.3 is 19.6 Å². The zero-order valence-electron chi connectivity index (χ0n) is 33.0. The Labute approximate surface area is 347 Å². The van der Waals surface area contributed by atoms with Crippen LogP contribution in [0.2, 0.25) is 0 Å². The maximum absolute atomic E-state index is 2.33. The van der Waals surface area contributed by atoms with Crippen molar-refractivity contribution in [2.24, 2.45) is 0 Å². The van der Waals surface area contributed by atoms with E-state index in [0.717, 1.165) is 68.2 Å². The van der Waals surface area contributed by atoms with Crippen LogP contribution in [-0.4, -0.2) is 0 Å². The molecule has 0 saturated heterocycles. The van der Waals surface area contributed by atoms with Gasteiger partial charge in [-0.25, -0.2) is 0 Å². The van der Waals surface area contributed by atoms with Gasteiger partial charge in [0, 0.05) is 68.2 Å². The quantitative estimate of drug-likeness (QED) is 0.123. The number of rotatable bonds is 12. The Bertz CT molecular complexity index is 2480. The lowest BCUT2D eigenvalue weighted by Gasteiger charge is -2.30. The number of para-hydroxylation sites is 5. The Morgan fingerprint density at radius 1 is 0.186 bits per heavy atom. The minimum atomic E-state index is 1.05. The van der Waals surface area contributed by atoms with Crippen molar-refractivity contribution in [2.45, 2.75) is 6.92 Å². The molecular formula is C55H44N4. The summed E-state index contributed by atoms with van der Waals surface area (Å²) in [6, 6.07) is 88.0. The number of hydrogen-bond donors (Lipinski definition) is 0. The second-order valence-electron chi connectivity index (χ2n) is 14.4. The fourth-order valence-corrected chi connectivity index (χ4v) is 7.69. The summed E-state index contributed by atoms with van der Waals surface area (Å²) < 4.78 is 0. The van der Waals surface area contributed by atoms with Gasteiger partial charge in [0.05, 0.1) is 0 Å². The smallest absolute Gasteiger partial charge is 0.0464 e. The van der Waals surface area contributed by atoms with Gasteiger partial charge in [-0.2, -0.15) is 0 Å². The molecule has 0 N–H and O–H groups in total.